The number of thiazole rings is 1. The fourth-order valence-corrected chi connectivity index (χ4v) is 4.06. The molecule has 1 unspecified atom stereocenters. The van der Waals surface area contributed by atoms with E-state index in [0.717, 1.165) is 42.3 Å². The normalized spacial score (nSPS) is 28.6. The van der Waals surface area contributed by atoms with Gasteiger partial charge >= 0.3 is 0 Å². The third-order valence-electron chi connectivity index (χ3n) is 4.60. The number of aryl methyl sites for hydroxylation is 2. The standard InChI is InChI=1S/C16H27NO2S/c1-5-19-16(8-6-11(2)7-9-16)14(18)10-15-17-12(3)13(4)20-15/h11,14,18H,5-10H2,1-4H3. The number of aliphatic hydroxyl groups is 1. The molecule has 1 aromatic rings. The quantitative estimate of drug-likeness (QED) is 0.902. The lowest BCUT2D eigenvalue weighted by molar-refractivity contribution is -0.143. The molecular formula is C16H27NO2S. The molecule has 0 amide bonds. The van der Waals surface area contributed by atoms with Crippen LogP contribution in [0.15, 0.2) is 0 Å². The van der Waals surface area contributed by atoms with Crippen LogP contribution in [0.1, 0.15) is 55.1 Å². The van der Waals surface area contributed by atoms with Gasteiger partial charge in [-0.05, 0) is 52.4 Å². The van der Waals surface area contributed by atoms with Crippen LogP contribution in [-0.2, 0) is 11.2 Å². The van der Waals surface area contributed by atoms with Crippen molar-refractivity contribution < 1.29 is 9.84 Å². The van der Waals surface area contributed by atoms with Crippen LogP contribution in [0.4, 0.5) is 0 Å². The van der Waals surface area contributed by atoms with Crippen LogP contribution < -0.4 is 0 Å². The van der Waals surface area contributed by atoms with Gasteiger partial charge in [-0.15, -0.1) is 11.3 Å². The number of ether oxygens (including phenoxy) is 1. The lowest BCUT2D eigenvalue weighted by atomic mass is 9.75. The average molecular weight is 297 g/mol. The average Bonchev–Trinajstić information content (AvgIpc) is 2.71. The Morgan fingerprint density at radius 2 is 2.05 bits per heavy atom. The summed E-state index contributed by atoms with van der Waals surface area (Å²) in [5, 5.41) is 11.8. The molecule has 4 heteroatoms. The molecule has 0 aromatic carbocycles. The number of hydrogen-bond acceptors (Lipinski definition) is 4. The van der Waals surface area contributed by atoms with E-state index in [9.17, 15) is 5.11 Å². The minimum absolute atomic E-state index is 0.352. The third-order valence-corrected chi connectivity index (χ3v) is 5.70. The van der Waals surface area contributed by atoms with Crippen LogP contribution in [-0.4, -0.2) is 28.4 Å². The van der Waals surface area contributed by atoms with E-state index in [1.165, 1.54) is 4.88 Å². The van der Waals surface area contributed by atoms with Crippen molar-refractivity contribution in [2.24, 2.45) is 5.92 Å². The highest BCUT2D eigenvalue weighted by Crippen LogP contribution is 2.38. The predicted octanol–water partition coefficient (Wildman–Crippen LogP) is 3.65. The summed E-state index contributed by atoms with van der Waals surface area (Å²) in [7, 11) is 0. The Hall–Kier alpha value is -0.450. The molecule has 0 aliphatic heterocycles. The smallest absolute Gasteiger partial charge is 0.0957 e. The van der Waals surface area contributed by atoms with Gasteiger partial charge in [0, 0.05) is 17.9 Å². The summed E-state index contributed by atoms with van der Waals surface area (Å²) < 4.78 is 6.02. The van der Waals surface area contributed by atoms with Gasteiger partial charge < -0.3 is 9.84 Å². The highest BCUT2D eigenvalue weighted by molar-refractivity contribution is 7.11. The van der Waals surface area contributed by atoms with Crippen molar-refractivity contribution in [3.05, 3.63) is 15.6 Å². The van der Waals surface area contributed by atoms with Crippen LogP contribution in [0.25, 0.3) is 0 Å². The second-order valence-corrected chi connectivity index (χ2v) is 7.44. The van der Waals surface area contributed by atoms with Crippen LogP contribution in [0.3, 0.4) is 0 Å². The number of aliphatic hydroxyl groups excluding tert-OH is 1. The Labute approximate surface area is 126 Å². The molecule has 1 aliphatic rings. The minimum Gasteiger partial charge on any atom is -0.390 e. The Morgan fingerprint density at radius 3 is 2.55 bits per heavy atom. The van der Waals surface area contributed by atoms with Crippen molar-refractivity contribution >= 4 is 11.3 Å². The van der Waals surface area contributed by atoms with E-state index < -0.39 is 6.10 Å². The number of hydrogen-bond donors (Lipinski definition) is 1. The van der Waals surface area contributed by atoms with Gasteiger partial charge in [0.15, 0.2) is 0 Å². The van der Waals surface area contributed by atoms with Gasteiger partial charge in [-0.1, -0.05) is 6.92 Å². The summed E-state index contributed by atoms with van der Waals surface area (Å²) >= 11 is 1.70. The number of rotatable bonds is 5. The van der Waals surface area contributed by atoms with E-state index in [4.69, 9.17) is 4.74 Å². The zero-order valence-electron chi connectivity index (χ0n) is 13.1. The molecule has 1 N–H and O–H groups in total. The van der Waals surface area contributed by atoms with Crippen LogP contribution >= 0.6 is 11.3 Å². The van der Waals surface area contributed by atoms with Crippen LogP contribution in [0.2, 0.25) is 0 Å². The zero-order chi connectivity index (χ0) is 14.8. The maximum Gasteiger partial charge on any atom is 0.0957 e. The summed E-state index contributed by atoms with van der Waals surface area (Å²) in [6, 6.07) is 0. The molecule has 20 heavy (non-hydrogen) atoms. The molecule has 3 nitrogen and oxygen atoms in total. The molecule has 1 fully saturated rings. The second kappa shape index (κ2) is 6.54. The largest absolute Gasteiger partial charge is 0.390 e. The molecule has 2 rings (SSSR count). The number of nitrogens with zero attached hydrogens (tertiary/aromatic N) is 1. The Kier molecular flexibility index (Phi) is 5.21. The molecule has 0 bridgehead atoms. The molecule has 114 valence electrons. The van der Waals surface area contributed by atoms with E-state index in [0.29, 0.717) is 13.0 Å². The minimum atomic E-state index is -0.445. The Bertz CT molecular complexity index is 416. The molecule has 0 radical (unpaired) electrons. The summed E-state index contributed by atoms with van der Waals surface area (Å²) in [6.07, 6.45) is 4.40. The summed E-state index contributed by atoms with van der Waals surface area (Å²) in [4.78, 5) is 5.80. The molecule has 1 heterocycles. The zero-order valence-corrected chi connectivity index (χ0v) is 13.9. The Balaban J connectivity index is 2.08. The van der Waals surface area contributed by atoms with Gasteiger partial charge in [-0.25, -0.2) is 4.98 Å². The van der Waals surface area contributed by atoms with Gasteiger partial charge in [0.25, 0.3) is 0 Å². The maximum atomic E-state index is 10.7. The molecule has 1 aromatic heterocycles. The highest BCUT2D eigenvalue weighted by atomic mass is 32.1. The maximum absolute atomic E-state index is 10.7. The fourth-order valence-electron chi connectivity index (χ4n) is 3.09. The first kappa shape index (κ1) is 15.9. The van der Waals surface area contributed by atoms with E-state index in [1.807, 2.05) is 13.8 Å². The van der Waals surface area contributed by atoms with Crippen molar-refractivity contribution in [1.82, 2.24) is 4.98 Å². The van der Waals surface area contributed by atoms with E-state index in [-0.39, 0.29) is 5.60 Å². The first-order chi connectivity index (χ1) is 9.47. The van der Waals surface area contributed by atoms with E-state index in [2.05, 4.69) is 18.8 Å². The fraction of sp³-hybridized carbons (Fsp3) is 0.812. The van der Waals surface area contributed by atoms with Gasteiger partial charge in [0.2, 0.25) is 0 Å². The van der Waals surface area contributed by atoms with Crippen molar-refractivity contribution in [2.45, 2.75) is 71.5 Å². The van der Waals surface area contributed by atoms with Gasteiger partial charge in [0.1, 0.15) is 0 Å². The lowest BCUT2D eigenvalue weighted by Crippen LogP contribution is -2.48. The topological polar surface area (TPSA) is 42.4 Å². The first-order valence-electron chi connectivity index (χ1n) is 7.71. The van der Waals surface area contributed by atoms with Gasteiger partial charge in [-0.3, -0.25) is 0 Å². The van der Waals surface area contributed by atoms with Crippen LogP contribution in [0.5, 0.6) is 0 Å². The van der Waals surface area contributed by atoms with Crippen molar-refractivity contribution in [1.29, 1.82) is 0 Å². The molecule has 0 spiro atoms. The van der Waals surface area contributed by atoms with Crippen LogP contribution in [0, 0.1) is 19.8 Å². The highest BCUT2D eigenvalue weighted by Gasteiger charge is 2.41. The second-order valence-electron chi connectivity index (χ2n) is 6.15. The predicted molar refractivity (Wildman–Crippen MR) is 83.3 cm³/mol. The van der Waals surface area contributed by atoms with E-state index in [1.54, 1.807) is 11.3 Å². The number of aromatic nitrogens is 1. The van der Waals surface area contributed by atoms with Crippen molar-refractivity contribution in [3.8, 4) is 0 Å². The summed E-state index contributed by atoms with van der Waals surface area (Å²) in [6.45, 7) is 9.09. The third kappa shape index (κ3) is 3.41. The summed E-state index contributed by atoms with van der Waals surface area (Å²) in [5.41, 5.74) is 0.731. The molecule has 0 saturated heterocycles. The monoisotopic (exact) mass is 297 g/mol. The summed E-state index contributed by atoms with van der Waals surface area (Å²) in [5.74, 6) is 0.750. The van der Waals surface area contributed by atoms with Gasteiger partial charge in [-0.2, -0.15) is 0 Å². The molecular weight excluding hydrogens is 270 g/mol. The van der Waals surface area contributed by atoms with Crippen molar-refractivity contribution in [3.63, 3.8) is 0 Å². The van der Waals surface area contributed by atoms with Gasteiger partial charge in [0.05, 0.1) is 22.4 Å². The SMILES string of the molecule is CCOC1(C(O)Cc2nc(C)c(C)s2)CCC(C)CC1. The molecule has 1 saturated carbocycles. The van der Waals surface area contributed by atoms with Crippen molar-refractivity contribution in [2.75, 3.05) is 6.61 Å². The first-order valence-corrected chi connectivity index (χ1v) is 8.53. The Morgan fingerprint density at radius 1 is 1.40 bits per heavy atom. The van der Waals surface area contributed by atoms with E-state index >= 15 is 0 Å². The molecule has 1 aliphatic carbocycles. The molecule has 1 atom stereocenters. The lowest BCUT2D eigenvalue weighted by Gasteiger charge is -2.42.